The van der Waals surface area contributed by atoms with Gasteiger partial charge in [-0.3, -0.25) is 10.0 Å². The molecule has 0 atom stereocenters. The molecule has 0 aliphatic heterocycles. The number of nitrogens with zero attached hydrogens (tertiary/aromatic N) is 2. The molecule has 122 valence electrons. The van der Waals surface area contributed by atoms with Crippen molar-refractivity contribution in [1.29, 1.82) is 0 Å². The first-order chi connectivity index (χ1) is 9.71. The summed E-state index contributed by atoms with van der Waals surface area (Å²) in [5.74, 6) is 5.72. The molecule has 1 rings (SSSR count). The number of nitrogens with two attached hydrogens (primary N) is 1. The standard InChI is InChI=1S/C14H28N4O2S/c1-14(2,3)20-13(19)17-11-8-6-10(7-9-11)16-12(21-5)18(4)15/h10-11H,6-9,15H2,1-5H3,(H,17,19)/b16-12-. The SMILES string of the molecule is CS/C(=N\C1CCC(NC(=O)OC(C)(C)C)CC1)N(C)N. The van der Waals surface area contributed by atoms with Gasteiger partial charge in [0.1, 0.15) is 5.60 Å². The average Bonchev–Trinajstić information content (AvgIpc) is 2.35. The van der Waals surface area contributed by atoms with Gasteiger partial charge in [0.05, 0.1) is 6.04 Å². The van der Waals surface area contributed by atoms with Gasteiger partial charge in [-0.25, -0.2) is 10.6 Å². The summed E-state index contributed by atoms with van der Waals surface area (Å²) in [7, 11) is 1.80. The maximum Gasteiger partial charge on any atom is 0.407 e. The third kappa shape index (κ3) is 7.04. The van der Waals surface area contributed by atoms with Crippen molar-refractivity contribution >= 4 is 23.0 Å². The fourth-order valence-electron chi connectivity index (χ4n) is 2.27. The van der Waals surface area contributed by atoms with Gasteiger partial charge in [-0.15, -0.1) is 0 Å². The highest BCUT2D eigenvalue weighted by Crippen LogP contribution is 2.23. The molecule has 0 spiro atoms. The third-order valence-electron chi connectivity index (χ3n) is 3.19. The lowest BCUT2D eigenvalue weighted by atomic mass is 9.92. The zero-order valence-corrected chi connectivity index (χ0v) is 14.5. The first kappa shape index (κ1) is 18.1. The molecule has 21 heavy (non-hydrogen) atoms. The summed E-state index contributed by atoms with van der Waals surface area (Å²) < 4.78 is 5.28. The van der Waals surface area contributed by atoms with Crippen molar-refractivity contribution in [2.45, 2.75) is 64.1 Å². The van der Waals surface area contributed by atoms with Crippen LogP contribution in [0, 0.1) is 0 Å². The monoisotopic (exact) mass is 316 g/mol. The molecule has 7 heteroatoms. The lowest BCUT2D eigenvalue weighted by Gasteiger charge is -2.29. The largest absolute Gasteiger partial charge is 0.444 e. The van der Waals surface area contributed by atoms with Gasteiger partial charge in [0.2, 0.25) is 0 Å². The molecule has 3 N–H and O–H groups in total. The molecule has 1 fully saturated rings. The molecular weight excluding hydrogens is 288 g/mol. The van der Waals surface area contributed by atoms with Crippen molar-refractivity contribution in [2.75, 3.05) is 13.3 Å². The Hall–Kier alpha value is -0.950. The number of rotatable bonds is 2. The number of hydrogen-bond donors (Lipinski definition) is 2. The van der Waals surface area contributed by atoms with Crippen LogP contribution in [0.4, 0.5) is 4.79 Å². The number of hydrazine groups is 1. The van der Waals surface area contributed by atoms with E-state index in [1.165, 1.54) is 0 Å². The number of aliphatic imine (C=N–C) groups is 1. The number of alkyl carbamates (subject to hydrolysis) is 1. The van der Waals surface area contributed by atoms with E-state index in [9.17, 15) is 4.79 Å². The highest BCUT2D eigenvalue weighted by atomic mass is 32.2. The number of amides is 1. The highest BCUT2D eigenvalue weighted by Gasteiger charge is 2.24. The number of thioether (sulfide) groups is 1. The van der Waals surface area contributed by atoms with Crippen LogP contribution >= 0.6 is 11.8 Å². The lowest BCUT2D eigenvalue weighted by molar-refractivity contribution is 0.0491. The smallest absolute Gasteiger partial charge is 0.407 e. The Labute approximate surface area is 131 Å². The molecular formula is C14H28N4O2S. The Morgan fingerprint density at radius 2 is 1.90 bits per heavy atom. The summed E-state index contributed by atoms with van der Waals surface area (Å²) in [6.45, 7) is 5.60. The second-order valence-electron chi connectivity index (χ2n) is 6.38. The molecule has 0 bridgehead atoms. The first-order valence-electron chi connectivity index (χ1n) is 7.31. The molecule has 0 unspecified atom stereocenters. The maximum atomic E-state index is 11.7. The van der Waals surface area contributed by atoms with Crippen molar-refractivity contribution in [3.63, 3.8) is 0 Å². The predicted octanol–water partition coefficient (Wildman–Crippen LogP) is 2.35. The van der Waals surface area contributed by atoms with Gasteiger partial charge in [0.25, 0.3) is 0 Å². The fraction of sp³-hybridized carbons (Fsp3) is 0.857. The Morgan fingerprint density at radius 1 is 1.33 bits per heavy atom. The molecule has 0 aromatic carbocycles. The Morgan fingerprint density at radius 3 is 2.33 bits per heavy atom. The molecule has 0 heterocycles. The zero-order chi connectivity index (χ0) is 16.0. The van der Waals surface area contributed by atoms with Crippen molar-refractivity contribution in [3.05, 3.63) is 0 Å². The Kier molecular flexibility index (Phi) is 6.80. The minimum Gasteiger partial charge on any atom is -0.444 e. The lowest BCUT2D eigenvalue weighted by Crippen LogP contribution is -2.41. The number of hydrogen-bond acceptors (Lipinski definition) is 5. The van der Waals surface area contributed by atoms with Gasteiger partial charge >= 0.3 is 6.09 Å². The fourth-order valence-corrected chi connectivity index (χ4v) is 2.81. The normalized spacial score (nSPS) is 23.6. The molecule has 1 aliphatic carbocycles. The van der Waals surface area contributed by atoms with Gasteiger partial charge in [0.15, 0.2) is 5.17 Å². The molecule has 0 aromatic rings. The molecule has 1 saturated carbocycles. The van der Waals surface area contributed by atoms with E-state index in [-0.39, 0.29) is 18.2 Å². The van der Waals surface area contributed by atoms with Crippen LogP contribution in [0.2, 0.25) is 0 Å². The van der Waals surface area contributed by atoms with Gasteiger partial charge in [-0.05, 0) is 52.7 Å². The molecule has 0 saturated heterocycles. The number of carbonyl (C=O) groups excluding carboxylic acids is 1. The number of ether oxygens (including phenoxy) is 1. The summed E-state index contributed by atoms with van der Waals surface area (Å²) in [4.78, 5) is 16.4. The topological polar surface area (TPSA) is 80.0 Å². The number of carbonyl (C=O) groups is 1. The van der Waals surface area contributed by atoms with Crippen LogP contribution in [-0.4, -0.2) is 47.3 Å². The molecule has 0 aromatic heterocycles. The number of nitrogens with one attached hydrogen (secondary N) is 1. The summed E-state index contributed by atoms with van der Waals surface area (Å²) >= 11 is 1.55. The highest BCUT2D eigenvalue weighted by molar-refractivity contribution is 8.13. The van der Waals surface area contributed by atoms with Crippen LogP contribution in [0.5, 0.6) is 0 Å². The second kappa shape index (κ2) is 7.89. The summed E-state index contributed by atoms with van der Waals surface area (Å²) in [5, 5.41) is 5.33. The zero-order valence-electron chi connectivity index (χ0n) is 13.7. The van der Waals surface area contributed by atoms with E-state index in [2.05, 4.69) is 10.3 Å². The van der Waals surface area contributed by atoms with Gasteiger partial charge < -0.3 is 10.1 Å². The molecule has 0 radical (unpaired) electrons. The first-order valence-corrected chi connectivity index (χ1v) is 8.53. The Balaban J connectivity index is 2.40. The molecule has 6 nitrogen and oxygen atoms in total. The summed E-state index contributed by atoms with van der Waals surface area (Å²) in [6, 6.07) is 0.467. The Bertz CT molecular complexity index is 372. The quantitative estimate of drug-likeness (QED) is 0.354. The van der Waals surface area contributed by atoms with Gasteiger partial charge in [0, 0.05) is 13.1 Å². The van der Waals surface area contributed by atoms with Gasteiger partial charge in [-0.2, -0.15) is 0 Å². The molecule has 1 aliphatic rings. The van der Waals surface area contributed by atoms with Crippen LogP contribution < -0.4 is 11.2 Å². The second-order valence-corrected chi connectivity index (χ2v) is 7.15. The van der Waals surface area contributed by atoms with Crippen LogP contribution in [0.25, 0.3) is 0 Å². The van der Waals surface area contributed by atoms with Crippen molar-refractivity contribution < 1.29 is 9.53 Å². The van der Waals surface area contributed by atoms with Gasteiger partial charge in [-0.1, -0.05) is 11.8 Å². The van der Waals surface area contributed by atoms with Crippen LogP contribution in [0.15, 0.2) is 4.99 Å². The van der Waals surface area contributed by atoms with E-state index in [0.29, 0.717) is 0 Å². The van der Waals surface area contributed by atoms with E-state index in [4.69, 9.17) is 10.6 Å². The predicted molar refractivity (Wildman–Crippen MR) is 88.3 cm³/mol. The molecule has 1 amide bonds. The van der Waals surface area contributed by atoms with E-state index in [0.717, 1.165) is 30.9 Å². The maximum absolute atomic E-state index is 11.7. The van der Waals surface area contributed by atoms with Crippen molar-refractivity contribution in [3.8, 4) is 0 Å². The van der Waals surface area contributed by atoms with Crippen molar-refractivity contribution in [1.82, 2.24) is 10.3 Å². The van der Waals surface area contributed by atoms with E-state index in [1.54, 1.807) is 23.8 Å². The van der Waals surface area contributed by atoms with Crippen molar-refractivity contribution in [2.24, 2.45) is 10.8 Å². The van der Waals surface area contributed by atoms with E-state index >= 15 is 0 Å². The van der Waals surface area contributed by atoms with Crippen LogP contribution in [0.1, 0.15) is 46.5 Å². The van der Waals surface area contributed by atoms with E-state index < -0.39 is 5.60 Å². The third-order valence-corrected chi connectivity index (χ3v) is 3.95. The number of amidine groups is 1. The summed E-state index contributed by atoms with van der Waals surface area (Å²) in [6.07, 6.45) is 5.39. The average molecular weight is 316 g/mol. The summed E-state index contributed by atoms with van der Waals surface area (Å²) in [5.41, 5.74) is -0.454. The minimum atomic E-state index is -0.454. The van der Waals surface area contributed by atoms with E-state index in [1.807, 2.05) is 27.0 Å². The van der Waals surface area contributed by atoms with Crippen LogP contribution in [-0.2, 0) is 4.74 Å². The minimum absolute atomic E-state index is 0.180. The van der Waals surface area contributed by atoms with Crippen LogP contribution in [0.3, 0.4) is 0 Å².